The lowest BCUT2D eigenvalue weighted by atomic mass is 9.70. The van der Waals surface area contributed by atoms with Crippen molar-refractivity contribution in [3.05, 3.63) is 51.6 Å². The first-order valence-electron chi connectivity index (χ1n) is 10.8. The second kappa shape index (κ2) is 8.46. The number of aliphatic hydroxyl groups is 1. The molecule has 2 aromatic carbocycles. The summed E-state index contributed by atoms with van der Waals surface area (Å²) in [6.45, 7) is 2.36. The predicted octanol–water partition coefficient (Wildman–Crippen LogP) is 2.29. The van der Waals surface area contributed by atoms with Crippen LogP contribution in [0.5, 0.6) is 17.2 Å². The molecule has 0 fully saturated rings. The maximum Gasteiger partial charge on any atom is 0.308 e. The van der Waals surface area contributed by atoms with Gasteiger partial charge in [-0.3, -0.25) is 19.2 Å². The van der Waals surface area contributed by atoms with E-state index in [1.54, 1.807) is 6.07 Å². The van der Waals surface area contributed by atoms with E-state index in [0.29, 0.717) is 17.5 Å². The fourth-order valence-electron chi connectivity index (χ4n) is 4.87. The van der Waals surface area contributed by atoms with Gasteiger partial charge in [0, 0.05) is 39.2 Å². The molecule has 4 N–H and O–H groups in total. The first-order chi connectivity index (χ1) is 16.4. The molecule has 4 rings (SSSR count). The number of aliphatic hydroxyl groups excluding tert-OH is 1. The number of amides is 1. The van der Waals surface area contributed by atoms with Crippen molar-refractivity contribution in [2.75, 3.05) is 19.0 Å². The van der Waals surface area contributed by atoms with Crippen molar-refractivity contribution >= 4 is 35.1 Å². The molecule has 2 aliphatic carbocycles. The minimum atomic E-state index is -1.07. The number of carbonyl (C=O) groups excluding carboxylic acids is 4. The van der Waals surface area contributed by atoms with Crippen molar-refractivity contribution in [2.45, 2.75) is 26.7 Å². The Labute approximate surface area is 200 Å². The molecule has 1 amide bonds. The number of aromatic hydroxyl groups is 1. The average molecular weight is 480 g/mol. The lowest BCUT2D eigenvalue weighted by Crippen LogP contribution is -2.31. The summed E-state index contributed by atoms with van der Waals surface area (Å²) >= 11 is 0. The number of ether oxygens (including phenoxy) is 2. The molecule has 0 heterocycles. The van der Waals surface area contributed by atoms with Crippen LogP contribution in [-0.4, -0.2) is 47.9 Å². The summed E-state index contributed by atoms with van der Waals surface area (Å²) in [6.07, 6.45) is 0.523. The normalized spacial score (nSPS) is 16.1. The van der Waals surface area contributed by atoms with Crippen molar-refractivity contribution in [1.29, 1.82) is 0 Å². The van der Waals surface area contributed by atoms with Gasteiger partial charge in [0.1, 0.15) is 28.6 Å². The summed E-state index contributed by atoms with van der Waals surface area (Å²) in [5, 5.41) is 22.0. The zero-order valence-corrected chi connectivity index (χ0v) is 19.6. The molecule has 182 valence electrons. The number of benzene rings is 2. The predicted molar refractivity (Wildman–Crippen MR) is 125 cm³/mol. The number of primary amides is 1. The SMILES string of the molecule is CC(=O)Oc1cc2c(c(O)c1C(N)=O)C(O)=C1C(=O)c3c(OC(C)=O)ccc(N(C)C)c3CC1C2. The number of hydrogen-bond donors (Lipinski definition) is 3. The summed E-state index contributed by atoms with van der Waals surface area (Å²) in [7, 11) is 3.64. The van der Waals surface area contributed by atoms with Crippen molar-refractivity contribution in [3.63, 3.8) is 0 Å². The van der Waals surface area contributed by atoms with Crippen molar-refractivity contribution in [2.24, 2.45) is 11.7 Å². The summed E-state index contributed by atoms with van der Waals surface area (Å²) in [6, 6.07) is 4.64. The number of nitrogens with zero attached hydrogens (tertiary/aromatic N) is 1. The smallest absolute Gasteiger partial charge is 0.308 e. The van der Waals surface area contributed by atoms with Gasteiger partial charge >= 0.3 is 11.9 Å². The number of allylic oxidation sites excluding steroid dienone is 1. The lowest BCUT2D eigenvalue weighted by molar-refractivity contribution is -0.132. The van der Waals surface area contributed by atoms with Crippen LogP contribution in [0.4, 0.5) is 5.69 Å². The standard InChI is InChI=1S/C25H24N2O8/c1-10(28)34-16-6-5-15(27(3)4)14-8-12-7-13-9-17(35-11(2)29)21(25(26)33)24(32)19(13)22(30)18(12)23(31)20(14)16/h5-6,9,12,30,32H,7-8H2,1-4H3,(H2,26,33). The van der Waals surface area contributed by atoms with Crippen molar-refractivity contribution in [1.82, 2.24) is 0 Å². The monoisotopic (exact) mass is 480 g/mol. The highest BCUT2D eigenvalue weighted by Crippen LogP contribution is 2.49. The molecule has 2 aliphatic rings. The number of fused-ring (bicyclic) bond motifs is 3. The summed E-state index contributed by atoms with van der Waals surface area (Å²) in [5.74, 6) is -4.80. The van der Waals surface area contributed by atoms with Gasteiger partial charge in [-0.25, -0.2) is 0 Å². The second-order valence-electron chi connectivity index (χ2n) is 8.71. The highest BCUT2D eigenvalue weighted by molar-refractivity contribution is 6.18. The van der Waals surface area contributed by atoms with Gasteiger partial charge in [0.2, 0.25) is 0 Å². The summed E-state index contributed by atoms with van der Waals surface area (Å²) in [4.78, 5) is 50.8. The van der Waals surface area contributed by atoms with E-state index in [0.717, 1.165) is 12.6 Å². The Bertz CT molecular complexity index is 1360. The molecule has 10 heteroatoms. The Morgan fingerprint density at radius 2 is 1.63 bits per heavy atom. The molecular formula is C25H24N2O8. The van der Waals surface area contributed by atoms with Crippen molar-refractivity contribution < 1.29 is 38.9 Å². The van der Waals surface area contributed by atoms with Crippen LogP contribution in [0.2, 0.25) is 0 Å². The molecule has 1 unspecified atom stereocenters. The van der Waals surface area contributed by atoms with Crippen LogP contribution in [0.1, 0.15) is 51.3 Å². The van der Waals surface area contributed by atoms with Gasteiger partial charge < -0.3 is 30.3 Å². The number of carbonyl (C=O) groups is 4. The zero-order chi connectivity index (χ0) is 25.8. The van der Waals surface area contributed by atoms with E-state index < -0.39 is 46.6 Å². The number of phenols is 1. The fourth-order valence-corrected chi connectivity index (χ4v) is 4.87. The third kappa shape index (κ3) is 3.86. The molecule has 2 aromatic rings. The number of hydrogen-bond acceptors (Lipinski definition) is 9. The number of Topliss-reactive ketones (excluding diaryl/α,β-unsaturated/α-hetero) is 1. The van der Waals surface area contributed by atoms with E-state index in [1.807, 2.05) is 19.0 Å². The minimum absolute atomic E-state index is 0.0280. The first kappa shape index (κ1) is 23.8. The van der Waals surface area contributed by atoms with Crippen LogP contribution in [0.25, 0.3) is 5.76 Å². The second-order valence-corrected chi connectivity index (χ2v) is 8.71. The number of esters is 2. The Morgan fingerprint density at radius 3 is 2.20 bits per heavy atom. The van der Waals surface area contributed by atoms with Gasteiger partial charge in [0.05, 0.1) is 11.1 Å². The molecule has 0 saturated carbocycles. The quantitative estimate of drug-likeness (QED) is 0.441. The van der Waals surface area contributed by atoms with E-state index in [1.165, 1.54) is 19.1 Å². The maximum atomic E-state index is 13.7. The highest BCUT2D eigenvalue weighted by Gasteiger charge is 2.42. The van der Waals surface area contributed by atoms with Gasteiger partial charge in [0.25, 0.3) is 5.91 Å². The molecule has 0 radical (unpaired) electrons. The Kier molecular flexibility index (Phi) is 5.75. The van der Waals surface area contributed by atoms with Gasteiger partial charge in [-0.1, -0.05) is 0 Å². The van der Waals surface area contributed by atoms with Crippen molar-refractivity contribution in [3.8, 4) is 17.2 Å². The third-order valence-electron chi connectivity index (χ3n) is 6.12. The van der Waals surface area contributed by atoms with Crippen LogP contribution in [0.15, 0.2) is 23.8 Å². The largest absolute Gasteiger partial charge is 0.507 e. The van der Waals surface area contributed by atoms with Gasteiger partial charge in [-0.2, -0.15) is 0 Å². The highest BCUT2D eigenvalue weighted by atomic mass is 16.5. The molecule has 0 aromatic heterocycles. The molecule has 0 saturated heterocycles. The minimum Gasteiger partial charge on any atom is -0.507 e. The Morgan fingerprint density at radius 1 is 1.00 bits per heavy atom. The number of anilines is 1. The number of ketones is 1. The molecule has 0 bridgehead atoms. The molecule has 35 heavy (non-hydrogen) atoms. The lowest BCUT2D eigenvalue weighted by Gasteiger charge is -2.34. The average Bonchev–Trinajstić information content (AvgIpc) is 2.71. The number of rotatable bonds is 4. The van der Waals surface area contributed by atoms with E-state index in [9.17, 15) is 29.4 Å². The van der Waals surface area contributed by atoms with Crippen LogP contribution < -0.4 is 20.1 Å². The molecule has 10 nitrogen and oxygen atoms in total. The van der Waals surface area contributed by atoms with E-state index >= 15 is 0 Å². The van der Waals surface area contributed by atoms with Crippen LogP contribution in [0.3, 0.4) is 0 Å². The van der Waals surface area contributed by atoms with Crippen LogP contribution in [0, 0.1) is 5.92 Å². The molecule has 0 aliphatic heterocycles. The van der Waals surface area contributed by atoms with E-state index in [-0.39, 0.29) is 34.6 Å². The van der Waals surface area contributed by atoms with Crippen LogP contribution >= 0.6 is 0 Å². The summed E-state index contributed by atoms with van der Waals surface area (Å²) in [5.41, 5.74) is 6.75. The summed E-state index contributed by atoms with van der Waals surface area (Å²) < 4.78 is 10.4. The maximum absolute atomic E-state index is 13.7. The van der Waals surface area contributed by atoms with Gasteiger partial charge in [-0.05, 0) is 48.1 Å². The molecular weight excluding hydrogens is 456 g/mol. The fraction of sp³-hybridized carbons (Fsp3) is 0.280. The first-order valence-corrected chi connectivity index (χ1v) is 10.8. The van der Waals surface area contributed by atoms with Crippen LogP contribution in [-0.2, 0) is 22.4 Å². The van der Waals surface area contributed by atoms with E-state index in [4.69, 9.17) is 15.2 Å². The topological polar surface area (TPSA) is 156 Å². The molecule has 0 spiro atoms. The van der Waals surface area contributed by atoms with Gasteiger partial charge in [-0.15, -0.1) is 0 Å². The van der Waals surface area contributed by atoms with Gasteiger partial charge in [0.15, 0.2) is 5.78 Å². The van der Waals surface area contributed by atoms with E-state index in [2.05, 4.69) is 0 Å². The third-order valence-corrected chi connectivity index (χ3v) is 6.12. The Balaban J connectivity index is 1.97. The number of nitrogens with two attached hydrogens (primary N) is 1. The molecule has 1 atom stereocenters. The zero-order valence-electron chi connectivity index (χ0n) is 19.6. The Hall–Kier alpha value is -4.34.